The molecule has 0 aliphatic carbocycles. The van der Waals surface area contributed by atoms with Gasteiger partial charge in [-0.25, -0.2) is 4.39 Å². The van der Waals surface area contributed by atoms with Crippen LogP contribution in [0.1, 0.15) is 11.6 Å². The maximum Gasteiger partial charge on any atom is 0.128 e. The normalized spacial score (nSPS) is 20.2. The summed E-state index contributed by atoms with van der Waals surface area (Å²) >= 11 is 5.83. The van der Waals surface area contributed by atoms with Crippen molar-refractivity contribution in [1.82, 2.24) is 0 Å². The van der Waals surface area contributed by atoms with Crippen molar-refractivity contribution >= 4 is 11.6 Å². The van der Waals surface area contributed by atoms with Gasteiger partial charge in [-0.15, -0.1) is 0 Å². The third-order valence-corrected chi connectivity index (χ3v) is 3.37. The van der Waals surface area contributed by atoms with Crippen LogP contribution in [0.25, 0.3) is 0 Å². The van der Waals surface area contributed by atoms with E-state index in [9.17, 15) is 4.39 Å². The van der Waals surface area contributed by atoms with Crippen LogP contribution in [0.4, 0.5) is 4.39 Å². The molecule has 1 saturated heterocycles. The summed E-state index contributed by atoms with van der Waals surface area (Å²) in [4.78, 5) is 0. The van der Waals surface area contributed by atoms with E-state index in [2.05, 4.69) is 0 Å². The van der Waals surface area contributed by atoms with Crippen LogP contribution in [-0.4, -0.2) is 19.8 Å². The molecule has 1 aliphatic heterocycles. The number of nitrogens with two attached hydrogens (primary N) is 2. The summed E-state index contributed by atoms with van der Waals surface area (Å²) in [7, 11) is 0. The zero-order valence-corrected chi connectivity index (χ0v) is 9.51. The van der Waals surface area contributed by atoms with Crippen molar-refractivity contribution in [2.24, 2.45) is 16.9 Å². The highest BCUT2D eigenvalue weighted by Crippen LogP contribution is 2.39. The van der Waals surface area contributed by atoms with E-state index in [-0.39, 0.29) is 11.2 Å². The predicted molar refractivity (Wildman–Crippen MR) is 60.6 cm³/mol. The Morgan fingerprint density at radius 3 is 2.69 bits per heavy atom. The summed E-state index contributed by atoms with van der Waals surface area (Å²) in [5.41, 5.74) is 11.8. The molecule has 5 heteroatoms. The zero-order chi connectivity index (χ0) is 11.8. The number of halogens is 2. The second-order valence-electron chi connectivity index (χ2n) is 4.20. The van der Waals surface area contributed by atoms with Gasteiger partial charge < -0.3 is 16.2 Å². The van der Waals surface area contributed by atoms with E-state index in [1.165, 1.54) is 12.1 Å². The zero-order valence-electron chi connectivity index (χ0n) is 8.75. The number of benzene rings is 1. The molecule has 1 fully saturated rings. The number of hydrogen-bond acceptors (Lipinski definition) is 3. The maximum absolute atomic E-state index is 13.6. The molecule has 88 valence electrons. The molecule has 1 heterocycles. The molecule has 0 aromatic heterocycles. The first-order valence-electron chi connectivity index (χ1n) is 5.07. The Morgan fingerprint density at radius 1 is 1.50 bits per heavy atom. The lowest BCUT2D eigenvalue weighted by molar-refractivity contribution is -0.121. The first-order valence-corrected chi connectivity index (χ1v) is 5.45. The SMILES string of the molecule is NCC1(C(N)c2cc(Cl)ccc2F)COC1. The van der Waals surface area contributed by atoms with E-state index in [0.29, 0.717) is 30.3 Å². The molecule has 1 aromatic carbocycles. The van der Waals surface area contributed by atoms with Crippen molar-refractivity contribution < 1.29 is 9.13 Å². The Balaban J connectivity index is 2.32. The molecule has 0 amide bonds. The topological polar surface area (TPSA) is 61.3 Å². The average Bonchev–Trinajstić information content (AvgIpc) is 2.21. The number of rotatable bonds is 3. The van der Waals surface area contributed by atoms with Crippen molar-refractivity contribution in [3.8, 4) is 0 Å². The summed E-state index contributed by atoms with van der Waals surface area (Å²) < 4.78 is 18.8. The lowest BCUT2D eigenvalue weighted by atomic mass is 9.75. The monoisotopic (exact) mass is 244 g/mol. The fourth-order valence-corrected chi connectivity index (χ4v) is 2.05. The minimum Gasteiger partial charge on any atom is -0.380 e. The van der Waals surface area contributed by atoms with Gasteiger partial charge in [-0.1, -0.05) is 11.6 Å². The molecule has 2 rings (SSSR count). The second-order valence-corrected chi connectivity index (χ2v) is 4.64. The highest BCUT2D eigenvalue weighted by atomic mass is 35.5. The lowest BCUT2D eigenvalue weighted by Gasteiger charge is -2.45. The number of ether oxygens (including phenoxy) is 1. The highest BCUT2D eigenvalue weighted by Gasteiger charge is 2.44. The van der Waals surface area contributed by atoms with E-state index in [0.717, 1.165) is 0 Å². The third-order valence-electron chi connectivity index (χ3n) is 3.14. The van der Waals surface area contributed by atoms with Gasteiger partial charge in [0.1, 0.15) is 5.82 Å². The van der Waals surface area contributed by atoms with E-state index in [4.69, 9.17) is 27.8 Å². The smallest absolute Gasteiger partial charge is 0.128 e. The van der Waals surface area contributed by atoms with Crippen LogP contribution in [0.3, 0.4) is 0 Å². The molecule has 1 atom stereocenters. The van der Waals surface area contributed by atoms with Gasteiger partial charge in [-0.05, 0) is 18.2 Å². The Morgan fingerprint density at radius 2 is 2.19 bits per heavy atom. The Bertz CT molecular complexity index is 390. The molecule has 0 spiro atoms. The molecular weight excluding hydrogens is 231 g/mol. The molecule has 16 heavy (non-hydrogen) atoms. The van der Waals surface area contributed by atoms with Crippen molar-refractivity contribution in [1.29, 1.82) is 0 Å². The van der Waals surface area contributed by atoms with Crippen molar-refractivity contribution in [2.45, 2.75) is 6.04 Å². The minimum atomic E-state index is -0.482. The summed E-state index contributed by atoms with van der Waals surface area (Å²) in [6.07, 6.45) is 0. The summed E-state index contributed by atoms with van der Waals surface area (Å²) in [6, 6.07) is 3.89. The van der Waals surface area contributed by atoms with Gasteiger partial charge in [0.25, 0.3) is 0 Å². The van der Waals surface area contributed by atoms with Crippen LogP contribution >= 0.6 is 11.6 Å². The molecule has 4 N–H and O–H groups in total. The van der Waals surface area contributed by atoms with E-state index in [1.807, 2.05) is 0 Å². The second kappa shape index (κ2) is 4.30. The summed E-state index contributed by atoms with van der Waals surface area (Å²) in [5, 5.41) is 0.472. The first kappa shape index (κ1) is 11.8. The standard InChI is InChI=1S/C11H14ClFN2O/c12-7-1-2-9(13)8(3-7)10(15)11(4-14)5-16-6-11/h1-3,10H,4-6,14-15H2. The summed E-state index contributed by atoms with van der Waals surface area (Å²) in [5.74, 6) is -0.350. The van der Waals surface area contributed by atoms with Crippen molar-refractivity contribution in [3.63, 3.8) is 0 Å². The molecule has 0 bridgehead atoms. The molecule has 1 aliphatic rings. The first-order chi connectivity index (χ1) is 7.59. The van der Waals surface area contributed by atoms with Crippen LogP contribution in [0.2, 0.25) is 5.02 Å². The van der Waals surface area contributed by atoms with Gasteiger partial charge >= 0.3 is 0 Å². The van der Waals surface area contributed by atoms with E-state index in [1.54, 1.807) is 6.07 Å². The predicted octanol–water partition coefficient (Wildman–Crippen LogP) is 1.45. The molecule has 3 nitrogen and oxygen atoms in total. The molecule has 1 unspecified atom stereocenters. The number of hydrogen-bond donors (Lipinski definition) is 2. The van der Waals surface area contributed by atoms with Crippen LogP contribution in [0.15, 0.2) is 18.2 Å². The third kappa shape index (κ3) is 1.82. The maximum atomic E-state index is 13.6. The minimum absolute atomic E-state index is 0.350. The van der Waals surface area contributed by atoms with Gasteiger partial charge in [0.05, 0.1) is 13.2 Å². The largest absolute Gasteiger partial charge is 0.380 e. The molecule has 0 saturated carbocycles. The fraction of sp³-hybridized carbons (Fsp3) is 0.455. The lowest BCUT2D eigenvalue weighted by Crippen LogP contribution is -2.55. The molecule has 0 radical (unpaired) electrons. The van der Waals surface area contributed by atoms with Gasteiger partial charge in [0, 0.05) is 28.6 Å². The molecule has 1 aromatic rings. The van der Waals surface area contributed by atoms with Crippen molar-refractivity contribution in [3.05, 3.63) is 34.6 Å². The quantitative estimate of drug-likeness (QED) is 0.846. The molecular formula is C11H14ClFN2O. The van der Waals surface area contributed by atoms with E-state index < -0.39 is 6.04 Å². The Labute approximate surface area is 98.5 Å². The average molecular weight is 245 g/mol. The van der Waals surface area contributed by atoms with E-state index >= 15 is 0 Å². The Kier molecular flexibility index (Phi) is 3.17. The van der Waals surface area contributed by atoms with Gasteiger partial charge in [0.15, 0.2) is 0 Å². The van der Waals surface area contributed by atoms with Gasteiger partial charge in [0.2, 0.25) is 0 Å². The highest BCUT2D eigenvalue weighted by molar-refractivity contribution is 6.30. The fourth-order valence-electron chi connectivity index (χ4n) is 1.87. The summed E-state index contributed by atoms with van der Waals surface area (Å²) in [6.45, 7) is 1.31. The Hall–Kier alpha value is -0.680. The van der Waals surface area contributed by atoms with Crippen LogP contribution in [0, 0.1) is 11.2 Å². The van der Waals surface area contributed by atoms with Crippen molar-refractivity contribution in [2.75, 3.05) is 19.8 Å². The van der Waals surface area contributed by atoms with Crippen LogP contribution < -0.4 is 11.5 Å². The van der Waals surface area contributed by atoms with Crippen LogP contribution in [0.5, 0.6) is 0 Å². The van der Waals surface area contributed by atoms with Gasteiger partial charge in [-0.2, -0.15) is 0 Å². The van der Waals surface area contributed by atoms with Crippen LogP contribution in [-0.2, 0) is 4.74 Å². The van der Waals surface area contributed by atoms with Gasteiger partial charge in [-0.3, -0.25) is 0 Å².